The SMILES string of the molecule is O=C(C[NH+]1CCN(Cc2ccsc2)CC1)NCc1cc([N+](=O)[O-])ccc1[O-]. The van der Waals surface area contributed by atoms with E-state index in [1.54, 1.807) is 11.3 Å². The number of carbonyl (C=O) groups is 1. The van der Waals surface area contributed by atoms with Gasteiger partial charge in [0.05, 0.1) is 18.0 Å². The summed E-state index contributed by atoms with van der Waals surface area (Å²) in [7, 11) is 0. The first-order valence-electron chi connectivity index (χ1n) is 8.79. The molecule has 1 amide bonds. The standard InChI is InChI=1S/C18H22N4O4S/c23-17-2-1-16(22(25)26)9-15(17)10-19-18(24)12-21-6-4-20(5-7-21)11-14-3-8-27-13-14/h1-3,8-9,13,23H,4-7,10-12H2,(H,19,24). The lowest BCUT2D eigenvalue weighted by molar-refractivity contribution is -0.896. The van der Waals surface area contributed by atoms with E-state index < -0.39 is 4.92 Å². The van der Waals surface area contributed by atoms with Crippen LogP contribution in [0.5, 0.6) is 5.75 Å². The van der Waals surface area contributed by atoms with Gasteiger partial charge in [0, 0.05) is 38.3 Å². The van der Waals surface area contributed by atoms with E-state index in [9.17, 15) is 20.0 Å². The lowest BCUT2D eigenvalue weighted by atomic mass is 10.1. The zero-order valence-electron chi connectivity index (χ0n) is 14.8. The van der Waals surface area contributed by atoms with Crippen LogP contribution in [0, 0.1) is 10.1 Å². The van der Waals surface area contributed by atoms with E-state index in [0.717, 1.165) is 38.8 Å². The molecule has 1 aromatic carbocycles. The summed E-state index contributed by atoms with van der Waals surface area (Å²) in [5, 5.41) is 29.5. The predicted octanol–water partition coefficient (Wildman–Crippen LogP) is -0.253. The molecule has 1 aliphatic rings. The molecule has 9 heteroatoms. The summed E-state index contributed by atoms with van der Waals surface area (Å²) in [5.74, 6) is -0.461. The molecule has 0 saturated carbocycles. The molecule has 1 aromatic heterocycles. The highest BCUT2D eigenvalue weighted by Gasteiger charge is 2.22. The van der Waals surface area contributed by atoms with Gasteiger partial charge in [-0.2, -0.15) is 11.3 Å². The zero-order valence-corrected chi connectivity index (χ0v) is 15.7. The highest BCUT2D eigenvalue weighted by atomic mass is 32.1. The van der Waals surface area contributed by atoms with Gasteiger partial charge in [-0.15, -0.1) is 5.75 Å². The number of benzene rings is 1. The number of amides is 1. The van der Waals surface area contributed by atoms with Crippen molar-refractivity contribution in [2.24, 2.45) is 0 Å². The maximum absolute atomic E-state index is 12.2. The molecular formula is C18H22N4O4S. The van der Waals surface area contributed by atoms with Gasteiger partial charge in [0.1, 0.15) is 0 Å². The molecule has 27 heavy (non-hydrogen) atoms. The average molecular weight is 390 g/mol. The first-order valence-corrected chi connectivity index (χ1v) is 9.73. The van der Waals surface area contributed by atoms with Crippen molar-refractivity contribution in [1.82, 2.24) is 10.2 Å². The number of nitro groups is 1. The van der Waals surface area contributed by atoms with Crippen LogP contribution in [-0.2, 0) is 17.9 Å². The van der Waals surface area contributed by atoms with Crippen LogP contribution >= 0.6 is 11.3 Å². The van der Waals surface area contributed by atoms with Crippen LogP contribution in [0.4, 0.5) is 5.69 Å². The molecule has 1 fully saturated rings. The quantitative estimate of drug-likeness (QED) is 0.501. The Bertz CT molecular complexity index is 789. The summed E-state index contributed by atoms with van der Waals surface area (Å²) in [6.45, 7) is 4.96. The fourth-order valence-electron chi connectivity index (χ4n) is 3.15. The molecule has 0 aliphatic carbocycles. The summed E-state index contributed by atoms with van der Waals surface area (Å²) in [6.07, 6.45) is 0. The molecule has 1 aliphatic heterocycles. The van der Waals surface area contributed by atoms with E-state index >= 15 is 0 Å². The molecule has 8 nitrogen and oxygen atoms in total. The molecule has 0 atom stereocenters. The van der Waals surface area contributed by atoms with E-state index in [1.807, 2.05) is 0 Å². The fraction of sp³-hybridized carbons (Fsp3) is 0.389. The molecule has 0 radical (unpaired) electrons. The number of hydrogen-bond donors (Lipinski definition) is 2. The highest BCUT2D eigenvalue weighted by Crippen LogP contribution is 2.20. The zero-order chi connectivity index (χ0) is 19.2. The number of rotatable bonds is 7. The molecular weight excluding hydrogens is 368 g/mol. The molecule has 2 heterocycles. The number of hydrogen-bond acceptors (Lipinski definition) is 6. The molecule has 0 spiro atoms. The predicted molar refractivity (Wildman–Crippen MR) is 99.5 cm³/mol. The Morgan fingerprint density at radius 3 is 2.74 bits per heavy atom. The maximum Gasteiger partial charge on any atom is 0.275 e. The van der Waals surface area contributed by atoms with Crippen LogP contribution < -0.4 is 15.3 Å². The van der Waals surface area contributed by atoms with Gasteiger partial charge in [-0.25, -0.2) is 0 Å². The van der Waals surface area contributed by atoms with Crippen molar-refractivity contribution in [2.75, 3.05) is 32.7 Å². The molecule has 2 aromatic rings. The van der Waals surface area contributed by atoms with Gasteiger partial charge in [0.25, 0.3) is 11.6 Å². The van der Waals surface area contributed by atoms with Gasteiger partial charge in [-0.05, 0) is 28.0 Å². The Labute approximate surface area is 161 Å². The topological polar surface area (TPSA) is 103 Å². The summed E-state index contributed by atoms with van der Waals surface area (Å²) in [6, 6.07) is 5.69. The number of quaternary nitrogens is 1. The molecule has 2 N–H and O–H groups in total. The van der Waals surface area contributed by atoms with Crippen molar-refractivity contribution in [3.05, 3.63) is 56.3 Å². The smallest absolute Gasteiger partial charge is 0.275 e. The summed E-state index contributed by atoms with van der Waals surface area (Å²) in [4.78, 5) is 26.0. The van der Waals surface area contributed by atoms with Crippen molar-refractivity contribution in [1.29, 1.82) is 0 Å². The van der Waals surface area contributed by atoms with Crippen molar-refractivity contribution < 1.29 is 19.7 Å². The number of nitro benzene ring substituents is 1. The summed E-state index contributed by atoms with van der Waals surface area (Å²) < 4.78 is 0. The van der Waals surface area contributed by atoms with Crippen molar-refractivity contribution in [3.63, 3.8) is 0 Å². The first kappa shape index (κ1) is 19.3. The number of nitrogens with zero attached hydrogens (tertiary/aromatic N) is 2. The van der Waals surface area contributed by atoms with Gasteiger partial charge in [-0.1, -0.05) is 6.07 Å². The third-order valence-electron chi connectivity index (χ3n) is 4.69. The van der Waals surface area contributed by atoms with E-state index in [0.29, 0.717) is 6.54 Å². The van der Waals surface area contributed by atoms with E-state index in [-0.39, 0.29) is 29.5 Å². The Kier molecular flexibility index (Phi) is 6.38. The normalized spacial score (nSPS) is 15.6. The van der Waals surface area contributed by atoms with Gasteiger partial charge < -0.3 is 15.3 Å². The molecule has 1 saturated heterocycles. The molecule has 3 rings (SSSR count). The third kappa shape index (κ3) is 5.49. The molecule has 0 unspecified atom stereocenters. The third-order valence-corrected chi connectivity index (χ3v) is 5.42. The van der Waals surface area contributed by atoms with E-state index in [2.05, 4.69) is 27.0 Å². The minimum atomic E-state index is -0.551. The van der Waals surface area contributed by atoms with Crippen LogP contribution in [0.3, 0.4) is 0 Å². The van der Waals surface area contributed by atoms with Gasteiger partial charge in [0.15, 0.2) is 6.54 Å². The Morgan fingerprint density at radius 2 is 2.07 bits per heavy atom. The average Bonchev–Trinajstić information content (AvgIpc) is 3.15. The largest absolute Gasteiger partial charge is 0.872 e. The lowest BCUT2D eigenvalue weighted by Crippen LogP contribution is -3.15. The van der Waals surface area contributed by atoms with Gasteiger partial charge >= 0.3 is 0 Å². The Hall–Kier alpha value is -2.49. The second kappa shape index (κ2) is 8.94. The van der Waals surface area contributed by atoms with Crippen molar-refractivity contribution in [2.45, 2.75) is 13.1 Å². The number of thiophene rings is 1. The first-order chi connectivity index (χ1) is 13.0. The minimum Gasteiger partial charge on any atom is -0.872 e. The lowest BCUT2D eigenvalue weighted by Gasteiger charge is -2.31. The van der Waals surface area contributed by atoms with Crippen LogP contribution in [0.25, 0.3) is 0 Å². The van der Waals surface area contributed by atoms with E-state index in [1.165, 1.54) is 22.6 Å². The highest BCUT2D eigenvalue weighted by molar-refractivity contribution is 7.07. The molecule has 144 valence electrons. The van der Waals surface area contributed by atoms with Gasteiger partial charge in [-0.3, -0.25) is 19.8 Å². The van der Waals surface area contributed by atoms with Gasteiger partial charge in [0.2, 0.25) is 0 Å². The van der Waals surface area contributed by atoms with Crippen LogP contribution in [0.2, 0.25) is 0 Å². The maximum atomic E-state index is 12.2. The van der Waals surface area contributed by atoms with Crippen LogP contribution in [0.1, 0.15) is 11.1 Å². The minimum absolute atomic E-state index is 0.0108. The second-order valence-corrected chi connectivity index (χ2v) is 7.44. The Morgan fingerprint density at radius 1 is 1.30 bits per heavy atom. The number of piperazine rings is 1. The Balaban J connectivity index is 1.42. The number of carbonyl (C=O) groups excluding carboxylic acids is 1. The second-order valence-electron chi connectivity index (χ2n) is 6.66. The number of nitrogens with one attached hydrogen (secondary N) is 2. The van der Waals surface area contributed by atoms with Crippen LogP contribution in [-0.4, -0.2) is 48.5 Å². The van der Waals surface area contributed by atoms with Crippen molar-refractivity contribution in [3.8, 4) is 5.75 Å². The van der Waals surface area contributed by atoms with Crippen molar-refractivity contribution >= 4 is 22.9 Å². The van der Waals surface area contributed by atoms with E-state index in [4.69, 9.17) is 0 Å². The number of non-ortho nitro benzene ring substituents is 1. The molecule has 0 bridgehead atoms. The fourth-order valence-corrected chi connectivity index (χ4v) is 3.81. The van der Waals surface area contributed by atoms with Crippen LogP contribution in [0.15, 0.2) is 35.0 Å². The monoisotopic (exact) mass is 390 g/mol. The summed E-state index contributed by atoms with van der Waals surface area (Å²) >= 11 is 1.70. The summed E-state index contributed by atoms with van der Waals surface area (Å²) in [5.41, 5.74) is 1.41.